The van der Waals surface area contributed by atoms with Crippen molar-refractivity contribution in [1.29, 1.82) is 0 Å². The summed E-state index contributed by atoms with van der Waals surface area (Å²) in [6.07, 6.45) is 1.82. The topological polar surface area (TPSA) is 76.9 Å². The molecule has 0 aliphatic carbocycles. The number of aliphatic imine (C=N–C) groups is 1. The van der Waals surface area contributed by atoms with Crippen LogP contribution in [0, 0.1) is 6.92 Å². The number of likely N-dealkylation sites (N-methyl/N-ethyl adjacent to an activating group) is 1. The monoisotopic (exact) mass is 500 g/mol. The fraction of sp³-hybridized carbons (Fsp3) is 0.217. The molecule has 0 radical (unpaired) electrons. The van der Waals surface area contributed by atoms with Gasteiger partial charge < -0.3 is 9.47 Å². The van der Waals surface area contributed by atoms with E-state index in [1.165, 1.54) is 28.0 Å². The lowest BCUT2D eigenvalue weighted by Crippen LogP contribution is -2.23. The SMILES string of the molecule is CCOc1cc(/C=C2\S/C(=N/c3nnc(C)s3)N(C)C2=O)ccc1OCc1ccc(Cl)cc1. The second-order valence-corrected chi connectivity index (χ2v) is 9.63. The highest BCUT2D eigenvalue weighted by Gasteiger charge is 2.30. The summed E-state index contributed by atoms with van der Waals surface area (Å²) in [5, 5.41) is 10.6. The summed E-state index contributed by atoms with van der Waals surface area (Å²) in [4.78, 5) is 19.3. The maximum atomic E-state index is 12.7. The van der Waals surface area contributed by atoms with Crippen molar-refractivity contribution in [3.05, 3.63) is 68.5 Å². The summed E-state index contributed by atoms with van der Waals surface area (Å²) in [7, 11) is 1.70. The Bertz CT molecular complexity index is 1220. The average Bonchev–Trinajstić information content (AvgIpc) is 3.32. The van der Waals surface area contributed by atoms with Crippen molar-refractivity contribution in [1.82, 2.24) is 15.1 Å². The number of thioether (sulfide) groups is 1. The number of ether oxygens (including phenoxy) is 2. The molecule has 0 saturated carbocycles. The van der Waals surface area contributed by atoms with Gasteiger partial charge in [0.1, 0.15) is 11.6 Å². The standard InChI is InChI=1S/C23H21ClN4O3S2/c1-4-30-19-11-16(7-10-18(19)31-13-15-5-8-17(24)9-6-15)12-20-21(29)28(3)23(33-20)25-22-27-26-14(2)32-22/h5-12H,4,13H2,1-3H3/b20-12-,25-23+. The third-order valence-corrected chi connectivity index (χ3v) is 6.63. The van der Waals surface area contributed by atoms with Gasteiger partial charge in [0.05, 0.1) is 11.5 Å². The third-order valence-electron chi connectivity index (χ3n) is 4.58. The highest BCUT2D eigenvalue weighted by Crippen LogP contribution is 2.35. The zero-order chi connectivity index (χ0) is 23.4. The zero-order valence-electron chi connectivity index (χ0n) is 18.2. The van der Waals surface area contributed by atoms with Crippen molar-refractivity contribution in [2.45, 2.75) is 20.5 Å². The number of halogens is 1. The quantitative estimate of drug-likeness (QED) is 0.386. The van der Waals surface area contributed by atoms with Crippen molar-refractivity contribution < 1.29 is 14.3 Å². The molecule has 1 saturated heterocycles. The molecule has 2 heterocycles. The fourth-order valence-corrected chi connectivity index (χ4v) is 4.67. The third kappa shape index (κ3) is 5.73. The maximum absolute atomic E-state index is 12.7. The minimum atomic E-state index is -0.124. The molecule has 3 aromatic rings. The molecule has 0 N–H and O–H groups in total. The van der Waals surface area contributed by atoms with Gasteiger partial charge in [0.15, 0.2) is 16.7 Å². The van der Waals surface area contributed by atoms with Crippen LogP contribution in [-0.2, 0) is 11.4 Å². The van der Waals surface area contributed by atoms with E-state index >= 15 is 0 Å². The van der Waals surface area contributed by atoms with E-state index in [0.29, 0.717) is 44.9 Å². The van der Waals surface area contributed by atoms with E-state index in [-0.39, 0.29) is 5.91 Å². The number of carbonyl (C=O) groups is 1. The number of rotatable bonds is 7. The summed E-state index contributed by atoms with van der Waals surface area (Å²) >= 11 is 8.62. The first-order valence-electron chi connectivity index (χ1n) is 10.1. The van der Waals surface area contributed by atoms with E-state index in [1.54, 1.807) is 7.05 Å². The van der Waals surface area contributed by atoms with Gasteiger partial charge in [-0.15, -0.1) is 10.2 Å². The lowest BCUT2D eigenvalue weighted by Gasteiger charge is -2.13. The van der Waals surface area contributed by atoms with Crippen LogP contribution in [0.15, 0.2) is 52.4 Å². The Kier molecular flexibility index (Phi) is 7.32. The number of benzene rings is 2. The van der Waals surface area contributed by atoms with Crippen molar-refractivity contribution in [2.24, 2.45) is 4.99 Å². The lowest BCUT2D eigenvalue weighted by molar-refractivity contribution is -0.121. The molecule has 1 fully saturated rings. The molecule has 0 atom stereocenters. The molecular formula is C23H21ClN4O3S2. The summed E-state index contributed by atoms with van der Waals surface area (Å²) in [6.45, 7) is 4.66. The number of aryl methyl sites for hydroxylation is 1. The average molecular weight is 501 g/mol. The predicted molar refractivity (Wildman–Crippen MR) is 133 cm³/mol. The van der Waals surface area contributed by atoms with Crippen LogP contribution in [0.4, 0.5) is 5.13 Å². The van der Waals surface area contributed by atoms with Crippen LogP contribution in [-0.4, -0.2) is 39.8 Å². The van der Waals surface area contributed by atoms with Crippen LogP contribution >= 0.6 is 34.7 Å². The van der Waals surface area contributed by atoms with Gasteiger partial charge in [-0.2, -0.15) is 4.99 Å². The normalized spacial score (nSPS) is 16.1. The number of nitrogens with zero attached hydrogens (tertiary/aromatic N) is 4. The second-order valence-electron chi connectivity index (χ2n) is 7.03. The Morgan fingerprint density at radius 2 is 1.91 bits per heavy atom. The molecule has 10 heteroatoms. The molecule has 1 aliphatic rings. The first-order valence-corrected chi connectivity index (χ1v) is 12.1. The van der Waals surface area contributed by atoms with Crippen LogP contribution in [0.25, 0.3) is 6.08 Å². The number of aromatic nitrogens is 2. The molecule has 4 rings (SSSR count). The van der Waals surface area contributed by atoms with E-state index in [9.17, 15) is 4.79 Å². The van der Waals surface area contributed by atoms with Crippen LogP contribution in [0.2, 0.25) is 5.02 Å². The maximum Gasteiger partial charge on any atom is 0.266 e. The Morgan fingerprint density at radius 3 is 2.61 bits per heavy atom. The van der Waals surface area contributed by atoms with E-state index in [2.05, 4.69) is 15.2 Å². The number of hydrogen-bond donors (Lipinski definition) is 0. The highest BCUT2D eigenvalue weighted by atomic mass is 35.5. The van der Waals surface area contributed by atoms with Crippen molar-refractivity contribution in [3.8, 4) is 11.5 Å². The molecule has 0 spiro atoms. The molecule has 2 aromatic carbocycles. The minimum Gasteiger partial charge on any atom is -0.490 e. The highest BCUT2D eigenvalue weighted by molar-refractivity contribution is 8.18. The number of amidine groups is 1. The van der Waals surface area contributed by atoms with E-state index in [4.69, 9.17) is 21.1 Å². The number of carbonyl (C=O) groups excluding carboxylic acids is 1. The van der Waals surface area contributed by atoms with Crippen LogP contribution in [0.3, 0.4) is 0 Å². The van der Waals surface area contributed by atoms with Gasteiger partial charge in [0, 0.05) is 12.1 Å². The van der Waals surface area contributed by atoms with Gasteiger partial charge in [-0.05, 0) is 67.1 Å². The second kappa shape index (κ2) is 10.4. The molecule has 1 aromatic heterocycles. The molecular weight excluding hydrogens is 480 g/mol. The predicted octanol–water partition coefficient (Wildman–Crippen LogP) is 5.71. The molecule has 33 heavy (non-hydrogen) atoms. The van der Waals surface area contributed by atoms with Crippen LogP contribution < -0.4 is 9.47 Å². The summed E-state index contributed by atoms with van der Waals surface area (Å²) < 4.78 is 11.7. The van der Waals surface area contributed by atoms with E-state index in [0.717, 1.165) is 16.1 Å². The van der Waals surface area contributed by atoms with E-state index in [1.807, 2.05) is 62.4 Å². The molecule has 7 nitrogen and oxygen atoms in total. The fourth-order valence-electron chi connectivity index (χ4n) is 2.96. The Balaban J connectivity index is 1.53. The summed E-state index contributed by atoms with van der Waals surface area (Å²) in [5.41, 5.74) is 1.83. The van der Waals surface area contributed by atoms with Crippen LogP contribution in [0.5, 0.6) is 11.5 Å². The zero-order valence-corrected chi connectivity index (χ0v) is 20.6. The van der Waals surface area contributed by atoms with Crippen molar-refractivity contribution in [2.75, 3.05) is 13.7 Å². The number of hydrogen-bond acceptors (Lipinski definition) is 8. The largest absolute Gasteiger partial charge is 0.490 e. The molecule has 1 amide bonds. The minimum absolute atomic E-state index is 0.124. The first kappa shape index (κ1) is 23.3. The van der Waals surface area contributed by atoms with Gasteiger partial charge in [0.25, 0.3) is 5.91 Å². The smallest absolute Gasteiger partial charge is 0.266 e. The van der Waals surface area contributed by atoms with E-state index < -0.39 is 0 Å². The Hall–Kier alpha value is -2.88. The van der Waals surface area contributed by atoms with Gasteiger partial charge in [-0.1, -0.05) is 41.1 Å². The Labute approximate surface area is 205 Å². The van der Waals surface area contributed by atoms with Crippen molar-refractivity contribution in [3.63, 3.8) is 0 Å². The van der Waals surface area contributed by atoms with Gasteiger partial charge in [0.2, 0.25) is 5.13 Å². The molecule has 0 unspecified atom stereocenters. The summed E-state index contributed by atoms with van der Waals surface area (Å²) in [5.74, 6) is 1.12. The molecule has 170 valence electrons. The summed E-state index contributed by atoms with van der Waals surface area (Å²) in [6, 6.07) is 13.1. The van der Waals surface area contributed by atoms with Gasteiger partial charge in [-0.3, -0.25) is 9.69 Å². The Morgan fingerprint density at radius 1 is 1.12 bits per heavy atom. The van der Waals surface area contributed by atoms with Crippen molar-refractivity contribution >= 4 is 57.0 Å². The van der Waals surface area contributed by atoms with Gasteiger partial charge >= 0.3 is 0 Å². The number of amides is 1. The molecule has 0 bridgehead atoms. The lowest BCUT2D eigenvalue weighted by atomic mass is 10.1. The van der Waals surface area contributed by atoms with Gasteiger partial charge in [-0.25, -0.2) is 0 Å². The van der Waals surface area contributed by atoms with Crippen LogP contribution in [0.1, 0.15) is 23.1 Å². The first-order chi connectivity index (χ1) is 15.9. The molecule has 1 aliphatic heterocycles.